The number of allylic oxidation sites excluding steroid dienone is 4. The number of aryl methyl sites for hydroxylation is 1. The first-order chi connectivity index (χ1) is 8.62. The normalized spacial score (nSPS) is 22.2. The number of imidazole rings is 1. The number of halogens is 1. The second-order valence-electron chi connectivity index (χ2n) is 4.05. The summed E-state index contributed by atoms with van der Waals surface area (Å²) in [5, 5.41) is 0. The van der Waals surface area contributed by atoms with E-state index in [-0.39, 0.29) is 9.51 Å². The minimum atomic E-state index is -0.346. The van der Waals surface area contributed by atoms with Crippen LogP contribution in [-0.4, -0.2) is 22.6 Å². The summed E-state index contributed by atoms with van der Waals surface area (Å²) in [4.78, 5) is 16.1. The summed E-state index contributed by atoms with van der Waals surface area (Å²) in [5.74, 6) is 0.547. The highest BCUT2D eigenvalue weighted by Crippen LogP contribution is 2.36. The van der Waals surface area contributed by atoms with E-state index in [1.807, 2.05) is 23.6 Å². The Hall–Kier alpha value is -1.11. The van der Waals surface area contributed by atoms with Crippen molar-refractivity contribution in [2.24, 2.45) is 0 Å². The van der Waals surface area contributed by atoms with Crippen LogP contribution in [0.3, 0.4) is 0 Å². The molecule has 4 nitrogen and oxygen atoms in total. The quantitative estimate of drug-likeness (QED) is 0.474. The number of ether oxygens (including phenoxy) is 1. The van der Waals surface area contributed by atoms with Crippen LogP contribution in [0.2, 0.25) is 0 Å². The van der Waals surface area contributed by atoms with E-state index in [1.165, 1.54) is 7.11 Å². The smallest absolute Gasteiger partial charge is 0.356 e. The fourth-order valence-corrected chi connectivity index (χ4v) is 3.05. The molecule has 18 heavy (non-hydrogen) atoms. The topological polar surface area (TPSA) is 44.1 Å². The molecule has 0 bridgehead atoms. The summed E-state index contributed by atoms with van der Waals surface area (Å²) in [5.41, 5.74) is 0.503. The van der Waals surface area contributed by atoms with Crippen LogP contribution < -0.4 is 0 Å². The number of esters is 1. The lowest BCUT2D eigenvalue weighted by atomic mass is 10.1. The zero-order valence-electron chi connectivity index (χ0n) is 10.4. The van der Waals surface area contributed by atoms with Crippen molar-refractivity contribution in [3.63, 3.8) is 0 Å². The molecule has 0 spiro atoms. The largest absolute Gasteiger partial charge is 0.464 e. The van der Waals surface area contributed by atoms with Crippen LogP contribution in [0.1, 0.15) is 29.7 Å². The van der Waals surface area contributed by atoms with Crippen LogP contribution >= 0.6 is 22.6 Å². The first-order valence-electron chi connectivity index (χ1n) is 5.81. The number of carbonyl (C=O) groups is 1. The van der Waals surface area contributed by atoms with Crippen molar-refractivity contribution < 1.29 is 9.53 Å². The monoisotopic (exact) mass is 358 g/mol. The standard InChI is InChI=1S/C13H15IN2O2/c1-3-11-15-9-10(12(17)18-2)16(11)13(14)7-5-4-6-8-13/h4-7,9H,3,8H2,1-2H3. The van der Waals surface area contributed by atoms with Gasteiger partial charge < -0.3 is 9.30 Å². The SMILES string of the molecule is CCc1ncc(C(=O)OC)n1C1(I)C=CC=CC1. The molecule has 0 saturated carbocycles. The third-order valence-corrected chi connectivity index (χ3v) is 4.20. The van der Waals surface area contributed by atoms with E-state index in [9.17, 15) is 4.79 Å². The zero-order valence-corrected chi connectivity index (χ0v) is 12.5. The molecule has 1 aliphatic rings. The molecule has 96 valence electrons. The van der Waals surface area contributed by atoms with Gasteiger partial charge in [0.05, 0.1) is 13.3 Å². The van der Waals surface area contributed by atoms with E-state index in [1.54, 1.807) is 6.20 Å². The number of carbonyl (C=O) groups excluding carboxylic acids is 1. The van der Waals surface area contributed by atoms with E-state index in [0.717, 1.165) is 18.7 Å². The maximum absolute atomic E-state index is 11.8. The zero-order chi connectivity index (χ0) is 13.2. The second kappa shape index (κ2) is 5.26. The van der Waals surface area contributed by atoms with Crippen LogP contribution in [0.25, 0.3) is 0 Å². The Morgan fingerprint density at radius 3 is 2.94 bits per heavy atom. The molecule has 0 amide bonds. The van der Waals surface area contributed by atoms with E-state index in [4.69, 9.17) is 4.74 Å². The number of hydrogen-bond donors (Lipinski definition) is 0. The lowest BCUT2D eigenvalue weighted by Crippen LogP contribution is -2.30. The maximum atomic E-state index is 11.8. The molecule has 1 aromatic heterocycles. The van der Waals surface area contributed by atoms with Gasteiger partial charge in [0.2, 0.25) is 0 Å². The number of aromatic nitrogens is 2. The number of alkyl halides is 1. The Labute approximate surface area is 120 Å². The highest BCUT2D eigenvalue weighted by atomic mass is 127. The number of methoxy groups -OCH3 is 1. The van der Waals surface area contributed by atoms with Gasteiger partial charge in [-0.05, 0) is 28.7 Å². The highest BCUT2D eigenvalue weighted by molar-refractivity contribution is 14.1. The average molecular weight is 358 g/mol. The molecule has 0 aliphatic heterocycles. The lowest BCUT2D eigenvalue weighted by molar-refractivity contribution is 0.0586. The first-order valence-corrected chi connectivity index (χ1v) is 6.89. The molecule has 5 heteroatoms. The number of rotatable bonds is 3. The van der Waals surface area contributed by atoms with Crippen molar-refractivity contribution >= 4 is 28.6 Å². The Bertz CT molecular complexity index is 519. The van der Waals surface area contributed by atoms with Gasteiger partial charge in [-0.25, -0.2) is 9.78 Å². The molecular weight excluding hydrogens is 343 g/mol. The van der Waals surface area contributed by atoms with Gasteiger partial charge in [-0.3, -0.25) is 0 Å². The van der Waals surface area contributed by atoms with Crippen molar-refractivity contribution in [3.8, 4) is 0 Å². The summed E-state index contributed by atoms with van der Waals surface area (Å²) in [6, 6.07) is 0. The molecule has 0 radical (unpaired) electrons. The van der Waals surface area contributed by atoms with Gasteiger partial charge >= 0.3 is 5.97 Å². The molecule has 0 aromatic carbocycles. The maximum Gasteiger partial charge on any atom is 0.356 e. The van der Waals surface area contributed by atoms with Crippen LogP contribution in [0, 0.1) is 0 Å². The molecule has 1 atom stereocenters. The fraction of sp³-hybridized carbons (Fsp3) is 0.385. The van der Waals surface area contributed by atoms with Gasteiger partial charge in [-0.2, -0.15) is 0 Å². The molecule has 1 aliphatic carbocycles. The van der Waals surface area contributed by atoms with Crippen molar-refractivity contribution in [3.05, 3.63) is 42.0 Å². The lowest BCUT2D eigenvalue weighted by Gasteiger charge is -2.29. The second-order valence-corrected chi connectivity index (χ2v) is 5.92. The van der Waals surface area contributed by atoms with E-state index in [0.29, 0.717) is 5.69 Å². The van der Waals surface area contributed by atoms with Gasteiger partial charge in [0.1, 0.15) is 15.1 Å². The Morgan fingerprint density at radius 1 is 1.61 bits per heavy atom. The minimum Gasteiger partial charge on any atom is -0.464 e. The Kier molecular flexibility index (Phi) is 3.89. The summed E-state index contributed by atoms with van der Waals surface area (Å²) in [6.07, 6.45) is 11.4. The molecule has 1 unspecified atom stereocenters. The van der Waals surface area contributed by atoms with Crippen molar-refractivity contribution in [2.75, 3.05) is 7.11 Å². The molecule has 1 heterocycles. The van der Waals surface area contributed by atoms with Gasteiger partial charge in [0.15, 0.2) is 0 Å². The number of nitrogens with zero attached hydrogens (tertiary/aromatic N) is 2. The molecule has 0 fully saturated rings. The minimum absolute atomic E-state index is 0.280. The van der Waals surface area contributed by atoms with Crippen LogP contribution in [-0.2, 0) is 14.7 Å². The van der Waals surface area contributed by atoms with E-state index >= 15 is 0 Å². The molecular formula is C13H15IN2O2. The summed E-state index contributed by atoms with van der Waals surface area (Å²) in [6.45, 7) is 2.03. The molecule has 1 aromatic rings. The third kappa shape index (κ3) is 2.23. The molecule has 0 saturated heterocycles. The highest BCUT2D eigenvalue weighted by Gasteiger charge is 2.32. The summed E-state index contributed by atoms with van der Waals surface area (Å²) in [7, 11) is 1.39. The molecule has 2 rings (SSSR count). The Balaban J connectivity index is 2.54. The van der Waals surface area contributed by atoms with Gasteiger partial charge in [-0.1, -0.05) is 25.2 Å². The predicted octanol–water partition coefficient (Wildman–Crippen LogP) is 2.84. The third-order valence-electron chi connectivity index (χ3n) is 2.92. The summed E-state index contributed by atoms with van der Waals surface area (Å²) >= 11 is 2.35. The van der Waals surface area contributed by atoms with Gasteiger partial charge in [0.25, 0.3) is 0 Å². The average Bonchev–Trinajstić information content (AvgIpc) is 2.83. The van der Waals surface area contributed by atoms with E-state index < -0.39 is 0 Å². The van der Waals surface area contributed by atoms with Crippen molar-refractivity contribution in [1.29, 1.82) is 0 Å². The predicted molar refractivity (Wildman–Crippen MR) is 77.8 cm³/mol. The van der Waals surface area contributed by atoms with Crippen molar-refractivity contribution in [2.45, 2.75) is 23.3 Å². The van der Waals surface area contributed by atoms with Crippen LogP contribution in [0.4, 0.5) is 0 Å². The fourth-order valence-electron chi connectivity index (χ4n) is 2.05. The van der Waals surface area contributed by atoms with Gasteiger partial charge in [0, 0.05) is 12.8 Å². The van der Waals surface area contributed by atoms with Crippen LogP contribution in [0.5, 0.6) is 0 Å². The van der Waals surface area contributed by atoms with E-state index in [2.05, 4.69) is 39.7 Å². The first kappa shape index (κ1) is 13.3. The number of hydrogen-bond acceptors (Lipinski definition) is 3. The summed E-state index contributed by atoms with van der Waals surface area (Å²) < 4.78 is 6.52. The molecule has 0 N–H and O–H groups in total. The van der Waals surface area contributed by atoms with Crippen molar-refractivity contribution in [1.82, 2.24) is 9.55 Å². The van der Waals surface area contributed by atoms with Gasteiger partial charge in [-0.15, -0.1) is 0 Å². The Morgan fingerprint density at radius 2 is 2.39 bits per heavy atom. The van der Waals surface area contributed by atoms with Crippen LogP contribution in [0.15, 0.2) is 30.5 Å².